The highest BCUT2D eigenvalue weighted by atomic mass is 16.5. The number of benzene rings is 1. The molecule has 1 aromatic rings. The molecule has 0 atom stereocenters. The van der Waals surface area contributed by atoms with Crippen LogP contribution in [0.1, 0.15) is 37.7 Å². The molecule has 0 aromatic heterocycles. The third-order valence-corrected chi connectivity index (χ3v) is 3.20. The number of rotatable bonds is 4. The van der Waals surface area contributed by atoms with E-state index in [9.17, 15) is 0 Å². The molecule has 1 saturated carbocycles. The fraction of sp³-hybridized carbons (Fsp3) is 0.571. The maximum Gasteiger partial charge on any atom is 0.122 e. The lowest BCUT2D eigenvalue weighted by molar-refractivity contribution is 0.153. The van der Waals surface area contributed by atoms with Crippen molar-refractivity contribution in [2.75, 3.05) is 6.61 Å². The molecular formula is C14H20O2. The first-order valence-electron chi connectivity index (χ1n) is 6.25. The van der Waals surface area contributed by atoms with Crippen molar-refractivity contribution in [1.82, 2.24) is 0 Å². The van der Waals surface area contributed by atoms with E-state index in [1.54, 1.807) is 0 Å². The SMILES string of the molecule is OCCc1ccccc1OC1CCCCC1. The molecule has 1 aliphatic carbocycles. The third-order valence-electron chi connectivity index (χ3n) is 3.20. The zero-order chi connectivity index (χ0) is 11.2. The predicted octanol–water partition coefficient (Wildman–Crippen LogP) is 2.93. The number of hydrogen-bond donors (Lipinski definition) is 1. The van der Waals surface area contributed by atoms with Crippen LogP contribution in [0.15, 0.2) is 24.3 Å². The first-order chi connectivity index (χ1) is 7.90. The third kappa shape index (κ3) is 2.99. The van der Waals surface area contributed by atoms with E-state index >= 15 is 0 Å². The molecule has 1 fully saturated rings. The molecule has 1 aliphatic rings. The summed E-state index contributed by atoms with van der Waals surface area (Å²) in [5, 5.41) is 8.99. The molecular weight excluding hydrogens is 200 g/mol. The fourth-order valence-corrected chi connectivity index (χ4v) is 2.31. The average Bonchev–Trinajstić information content (AvgIpc) is 2.33. The standard InChI is InChI=1S/C14H20O2/c15-11-10-12-6-4-5-9-14(12)16-13-7-2-1-3-8-13/h4-6,9,13,15H,1-3,7-8,10-11H2. The van der Waals surface area contributed by atoms with Gasteiger partial charge in [0, 0.05) is 6.61 Å². The summed E-state index contributed by atoms with van der Waals surface area (Å²) in [4.78, 5) is 0. The maximum atomic E-state index is 8.99. The van der Waals surface area contributed by atoms with Gasteiger partial charge in [-0.05, 0) is 43.7 Å². The lowest BCUT2D eigenvalue weighted by atomic mass is 9.97. The van der Waals surface area contributed by atoms with Gasteiger partial charge in [0.05, 0.1) is 6.10 Å². The second-order valence-corrected chi connectivity index (χ2v) is 4.46. The Kier molecular flexibility index (Phi) is 4.23. The minimum Gasteiger partial charge on any atom is -0.490 e. The van der Waals surface area contributed by atoms with Crippen molar-refractivity contribution < 1.29 is 9.84 Å². The van der Waals surface area contributed by atoms with E-state index in [2.05, 4.69) is 0 Å². The van der Waals surface area contributed by atoms with Gasteiger partial charge in [-0.25, -0.2) is 0 Å². The molecule has 0 heterocycles. The van der Waals surface area contributed by atoms with Crippen LogP contribution in [0.25, 0.3) is 0 Å². The molecule has 0 saturated heterocycles. The quantitative estimate of drug-likeness (QED) is 0.845. The highest BCUT2D eigenvalue weighted by molar-refractivity contribution is 5.33. The lowest BCUT2D eigenvalue weighted by Gasteiger charge is -2.24. The van der Waals surface area contributed by atoms with Gasteiger partial charge in [0.1, 0.15) is 5.75 Å². The molecule has 2 heteroatoms. The number of aliphatic hydroxyl groups excluding tert-OH is 1. The van der Waals surface area contributed by atoms with Crippen LogP contribution in [-0.4, -0.2) is 17.8 Å². The van der Waals surface area contributed by atoms with Gasteiger partial charge >= 0.3 is 0 Å². The Bertz CT molecular complexity index is 316. The second-order valence-electron chi connectivity index (χ2n) is 4.46. The Hall–Kier alpha value is -1.02. The van der Waals surface area contributed by atoms with Crippen LogP contribution in [0.4, 0.5) is 0 Å². The molecule has 88 valence electrons. The van der Waals surface area contributed by atoms with Crippen molar-refractivity contribution in [2.45, 2.75) is 44.6 Å². The van der Waals surface area contributed by atoms with Crippen molar-refractivity contribution in [3.63, 3.8) is 0 Å². The number of para-hydroxylation sites is 1. The van der Waals surface area contributed by atoms with E-state index < -0.39 is 0 Å². The van der Waals surface area contributed by atoms with E-state index in [-0.39, 0.29) is 6.61 Å². The van der Waals surface area contributed by atoms with Crippen molar-refractivity contribution in [3.8, 4) is 5.75 Å². The Balaban J connectivity index is 2.01. The smallest absolute Gasteiger partial charge is 0.122 e. The van der Waals surface area contributed by atoms with Crippen molar-refractivity contribution in [2.24, 2.45) is 0 Å². The Labute approximate surface area is 97.3 Å². The summed E-state index contributed by atoms with van der Waals surface area (Å²) in [5.41, 5.74) is 1.12. The van der Waals surface area contributed by atoms with Crippen molar-refractivity contribution in [1.29, 1.82) is 0 Å². The Morgan fingerprint density at radius 2 is 1.88 bits per heavy atom. The summed E-state index contributed by atoms with van der Waals surface area (Å²) in [6.45, 7) is 0.186. The van der Waals surface area contributed by atoms with E-state index in [0.29, 0.717) is 12.5 Å². The topological polar surface area (TPSA) is 29.5 Å². The van der Waals surface area contributed by atoms with Crippen molar-refractivity contribution >= 4 is 0 Å². The molecule has 0 spiro atoms. The van der Waals surface area contributed by atoms with Crippen LogP contribution < -0.4 is 4.74 Å². The molecule has 0 radical (unpaired) electrons. The predicted molar refractivity (Wildman–Crippen MR) is 64.7 cm³/mol. The van der Waals surface area contributed by atoms with Crippen LogP contribution in [0, 0.1) is 0 Å². The molecule has 0 unspecified atom stereocenters. The fourth-order valence-electron chi connectivity index (χ4n) is 2.31. The first-order valence-corrected chi connectivity index (χ1v) is 6.25. The lowest BCUT2D eigenvalue weighted by Crippen LogP contribution is -2.20. The molecule has 0 amide bonds. The average molecular weight is 220 g/mol. The van der Waals surface area contributed by atoms with Gasteiger partial charge in [0.25, 0.3) is 0 Å². The minimum absolute atomic E-state index is 0.186. The van der Waals surface area contributed by atoms with Crippen LogP contribution in [0.3, 0.4) is 0 Å². The van der Waals surface area contributed by atoms with Gasteiger partial charge in [0.15, 0.2) is 0 Å². The van der Waals surface area contributed by atoms with Crippen LogP contribution in [0.2, 0.25) is 0 Å². The summed E-state index contributed by atoms with van der Waals surface area (Å²) in [7, 11) is 0. The summed E-state index contributed by atoms with van der Waals surface area (Å²) < 4.78 is 6.03. The maximum absolute atomic E-state index is 8.99. The number of ether oxygens (including phenoxy) is 1. The van der Waals surface area contributed by atoms with Crippen LogP contribution >= 0.6 is 0 Å². The van der Waals surface area contributed by atoms with Gasteiger partial charge in [-0.1, -0.05) is 24.6 Å². The molecule has 2 nitrogen and oxygen atoms in total. The minimum atomic E-state index is 0.186. The van der Waals surface area contributed by atoms with Gasteiger partial charge in [-0.2, -0.15) is 0 Å². The highest BCUT2D eigenvalue weighted by Gasteiger charge is 2.15. The van der Waals surface area contributed by atoms with E-state index in [4.69, 9.17) is 9.84 Å². The molecule has 0 bridgehead atoms. The number of hydrogen-bond acceptors (Lipinski definition) is 2. The molecule has 1 N–H and O–H groups in total. The largest absolute Gasteiger partial charge is 0.490 e. The summed E-state index contributed by atoms with van der Waals surface area (Å²) in [6, 6.07) is 8.05. The monoisotopic (exact) mass is 220 g/mol. The van der Waals surface area contributed by atoms with Gasteiger partial charge in [0.2, 0.25) is 0 Å². The molecule has 1 aromatic carbocycles. The van der Waals surface area contributed by atoms with Gasteiger partial charge in [-0.3, -0.25) is 0 Å². The van der Waals surface area contributed by atoms with E-state index in [1.807, 2.05) is 24.3 Å². The summed E-state index contributed by atoms with van der Waals surface area (Å²) in [5.74, 6) is 0.962. The van der Waals surface area contributed by atoms with Gasteiger partial charge in [-0.15, -0.1) is 0 Å². The summed E-state index contributed by atoms with van der Waals surface area (Å²) >= 11 is 0. The molecule has 16 heavy (non-hydrogen) atoms. The molecule has 2 rings (SSSR count). The van der Waals surface area contributed by atoms with Crippen LogP contribution in [0.5, 0.6) is 5.75 Å². The highest BCUT2D eigenvalue weighted by Crippen LogP contribution is 2.26. The van der Waals surface area contributed by atoms with E-state index in [0.717, 1.165) is 11.3 Å². The van der Waals surface area contributed by atoms with Crippen molar-refractivity contribution in [3.05, 3.63) is 29.8 Å². The second kappa shape index (κ2) is 5.90. The normalized spacial score (nSPS) is 17.3. The Morgan fingerprint density at radius 1 is 1.12 bits per heavy atom. The Morgan fingerprint density at radius 3 is 2.62 bits per heavy atom. The van der Waals surface area contributed by atoms with Gasteiger partial charge < -0.3 is 9.84 Å². The zero-order valence-corrected chi connectivity index (χ0v) is 9.69. The van der Waals surface area contributed by atoms with E-state index in [1.165, 1.54) is 32.1 Å². The molecule has 0 aliphatic heterocycles. The number of aliphatic hydroxyl groups is 1. The summed E-state index contributed by atoms with van der Waals surface area (Å²) in [6.07, 6.45) is 7.33. The zero-order valence-electron chi connectivity index (χ0n) is 9.69. The van der Waals surface area contributed by atoms with Crippen LogP contribution in [-0.2, 0) is 6.42 Å². The first kappa shape index (κ1) is 11.5.